The van der Waals surface area contributed by atoms with Gasteiger partial charge in [0.15, 0.2) is 11.5 Å². The SMILES string of the molecule is COc1cc(NC(=O)N[C@H](C)c2ccc(Cl)cc2Cl)cc(OC)c1OC. The maximum absolute atomic E-state index is 12.3. The standard InChI is InChI=1S/C18H20Cl2N2O4/c1-10(13-6-5-11(19)7-14(13)20)21-18(23)22-12-8-15(24-2)17(26-4)16(9-12)25-3/h5-10H,1-4H3,(H2,21,22,23)/t10-/m1/s1. The molecule has 1 atom stereocenters. The molecule has 140 valence electrons. The van der Waals surface area contributed by atoms with E-state index in [0.29, 0.717) is 33.0 Å². The van der Waals surface area contributed by atoms with Crippen LogP contribution in [0, 0.1) is 0 Å². The Bertz CT molecular complexity index is 774. The Morgan fingerprint density at radius 1 is 1.00 bits per heavy atom. The number of hydrogen-bond donors (Lipinski definition) is 2. The Morgan fingerprint density at radius 2 is 1.62 bits per heavy atom. The summed E-state index contributed by atoms with van der Waals surface area (Å²) in [6.07, 6.45) is 0. The van der Waals surface area contributed by atoms with Crippen LogP contribution < -0.4 is 24.8 Å². The number of nitrogens with one attached hydrogen (secondary N) is 2. The Kier molecular flexibility index (Phi) is 6.83. The number of ether oxygens (including phenoxy) is 3. The van der Waals surface area contributed by atoms with Crippen LogP contribution in [0.3, 0.4) is 0 Å². The zero-order chi connectivity index (χ0) is 19.3. The quantitative estimate of drug-likeness (QED) is 0.725. The molecule has 0 aromatic heterocycles. The molecule has 0 radical (unpaired) electrons. The van der Waals surface area contributed by atoms with Crippen LogP contribution in [0.15, 0.2) is 30.3 Å². The van der Waals surface area contributed by atoms with Gasteiger partial charge in [-0.05, 0) is 24.6 Å². The molecule has 0 spiro atoms. The molecular weight excluding hydrogens is 379 g/mol. The zero-order valence-electron chi connectivity index (χ0n) is 14.9. The number of hydrogen-bond acceptors (Lipinski definition) is 4. The normalized spacial score (nSPS) is 11.5. The first-order chi connectivity index (χ1) is 12.4. The topological polar surface area (TPSA) is 68.8 Å². The monoisotopic (exact) mass is 398 g/mol. The summed E-state index contributed by atoms with van der Waals surface area (Å²) in [4.78, 5) is 12.3. The summed E-state index contributed by atoms with van der Waals surface area (Å²) >= 11 is 12.1. The smallest absolute Gasteiger partial charge is 0.319 e. The van der Waals surface area contributed by atoms with Gasteiger partial charge in [0.1, 0.15) is 0 Å². The minimum absolute atomic E-state index is 0.318. The van der Waals surface area contributed by atoms with Gasteiger partial charge in [-0.3, -0.25) is 0 Å². The lowest BCUT2D eigenvalue weighted by molar-refractivity contribution is 0.249. The summed E-state index contributed by atoms with van der Waals surface area (Å²) < 4.78 is 15.8. The number of carbonyl (C=O) groups is 1. The highest BCUT2D eigenvalue weighted by molar-refractivity contribution is 6.35. The van der Waals surface area contributed by atoms with Crippen LogP contribution in [0.1, 0.15) is 18.5 Å². The minimum Gasteiger partial charge on any atom is -0.493 e. The van der Waals surface area contributed by atoms with Crippen molar-refractivity contribution in [2.75, 3.05) is 26.6 Å². The van der Waals surface area contributed by atoms with E-state index in [1.807, 2.05) is 6.92 Å². The van der Waals surface area contributed by atoms with Crippen LogP contribution in [-0.2, 0) is 0 Å². The van der Waals surface area contributed by atoms with Crippen molar-refractivity contribution < 1.29 is 19.0 Å². The molecule has 0 fully saturated rings. The second-order valence-electron chi connectivity index (χ2n) is 5.40. The average Bonchev–Trinajstić information content (AvgIpc) is 2.60. The lowest BCUT2D eigenvalue weighted by Gasteiger charge is -2.18. The summed E-state index contributed by atoms with van der Waals surface area (Å²) in [7, 11) is 4.52. The number of rotatable bonds is 6. The predicted molar refractivity (Wildman–Crippen MR) is 103 cm³/mol. The number of amides is 2. The second-order valence-corrected chi connectivity index (χ2v) is 6.24. The van der Waals surface area contributed by atoms with Gasteiger partial charge in [-0.1, -0.05) is 29.3 Å². The van der Waals surface area contributed by atoms with Gasteiger partial charge in [0.25, 0.3) is 0 Å². The lowest BCUT2D eigenvalue weighted by atomic mass is 10.1. The summed E-state index contributed by atoms with van der Waals surface area (Å²) in [5.41, 5.74) is 1.25. The third-order valence-electron chi connectivity index (χ3n) is 3.70. The largest absolute Gasteiger partial charge is 0.493 e. The molecule has 2 aromatic rings. The van der Waals surface area contributed by atoms with E-state index >= 15 is 0 Å². The van der Waals surface area contributed by atoms with Gasteiger partial charge in [0, 0.05) is 22.2 Å². The fourth-order valence-electron chi connectivity index (χ4n) is 2.45. The fourth-order valence-corrected chi connectivity index (χ4v) is 3.02. The van der Waals surface area contributed by atoms with E-state index in [-0.39, 0.29) is 6.04 Å². The van der Waals surface area contributed by atoms with Gasteiger partial charge in [-0.15, -0.1) is 0 Å². The molecule has 0 saturated heterocycles. The molecule has 2 aromatic carbocycles. The van der Waals surface area contributed by atoms with Crippen molar-refractivity contribution in [3.05, 3.63) is 45.9 Å². The first kappa shape index (κ1) is 20.0. The highest BCUT2D eigenvalue weighted by atomic mass is 35.5. The molecule has 8 heteroatoms. The molecule has 2 rings (SSSR count). The zero-order valence-corrected chi connectivity index (χ0v) is 16.4. The Labute approximate surface area is 162 Å². The van der Waals surface area contributed by atoms with E-state index in [4.69, 9.17) is 37.4 Å². The molecule has 0 aliphatic rings. The van der Waals surface area contributed by atoms with Crippen LogP contribution in [0.4, 0.5) is 10.5 Å². The second kappa shape index (κ2) is 8.87. The average molecular weight is 399 g/mol. The van der Waals surface area contributed by atoms with Crippen molar-refractivity contribution in [2.45, 2.75) is 13.0 Å². The van der Waals surface area contributed by atoms with Gasteiger partial charge in [0.2, 0.25) is 5.75 Å². The van der Waals surface area contributed by atoms with Crippen LogP contribution in [0.25, 0.3) is 0 Å². The molecular formula is C18H20Cl2N2O4. The third-order valence-corrected chi connectivity index (χ3v) is 4.26. The molecule has 0 aliphatic carbocycles. The van der Waals surface area contributed by atoms with Crippen molar-refractivity contribution >= 4 is 34.9 Å². The van der Waals surface area contributed by atoms with E-state index in [9.17, 15) is 4.79 Å². The Hall–Kier alpha value is -2.31. The first-order valence-electron chi connectivity index (χ1n) is 7.72. The predicted octanol–water partition coefficient (Wildman–Crippen LogP) is 4.90. The third kappa shape index (κ3) is 4.65. The number of methoxy groups -OCH3 is 3. The van der Waals surface area contributed by atoms with Crippen LogP contribution >= 0.6 is 23.2 Å². The Morgan fingerprint density at radius 3 is 2.12 bits per heavy atom. The molecule has 0 saturated carbocycles. The van der Waals surface area contributed by atoms with E-state index < -0.39 is 6.03 Å². The number of anilines is 1. The van der Waals surface area contributed by atoms with Gasteiger partial charge >= 0.3 is 6.03 Å². The number of benzene rings is 2. The molecule has 6 nitrogen and oxygen atoms in total. The van der Waals surface area contributed by atoms with Crippen molar-refractivity contribution in [2.24, 2.45) is 0 Å². The molecule has 0 aliphatic heterocycles. The van der Waals surface area contributed by atoms with Crippen molar-refractivity contribution in [3.63, 3.8) is 0 Å². The summed E-state index contributed by atoms with van der Waals surface area (Å²) in [5, 5.41) is 6.58. The highest BCUT2D eigenvalue weighted by Crippen LogP contribution is 2.40. The van der Waals surface area contributed by atoms with Gasteiger partial charge in [-0.25, -0.2) is 4.79 Å². The summed E-state index contributed by atoms with van der Waals surface area (Å²) in [5.74, 6) is 1.33. The van der Waals surface area contributed by atoms with Crippen molar-refractivity contribution in [1.29, 1.82) is 0 Å². The summed E-state index contributed by atoms with van der Waals surface area (Å²) in [6, 6.07) is 7.68. The molecule has 0 heterocycles. The van der Waals surface area contributed by atoms with Gasteiger partial charge in [-0.2, -0.15) is 0 Å². The van der Waals surface area contributed by atoms with Crippen LogP contribution in [-0.4, -0.2) is 27.4 Å². The lowest BCUT2D eigenvalue weighted by Crippen LogP contribution is -2.31. The van der Waals surface area contributed by atoms with Crippen LogP contribution in [0.2, 0.25) is 10.0 Å². The molecule has 2 amide bonds. The van der Waals surface area contributed by atoms with Crippen molar-refractivity contribution in [1.82, 2.24) is 5.32 Å². The maximum Gasteiger partial charge on any atom is 0.319 e. The molecule has 26 heavy (non-hydrogen) atoms. The number of halogens is 2. The summed E-state index contributed by atoms with van der Waals surface area (Å²) in [6.45, 7) is 1.82. The molecule has 2 N–H and O–H groups in total. The molecule has 0 bridgehead atoms. The van der Waals surface area contributed by atoms with Gasteiger partial charge < -0.3 is 24.8 Å². The minimum atomic E-state index is -0.405. The molecule has 0 unspecified atom stereocenters. The number of carbonyl (C=O) groups excluding carboxylic acids is 1. The highest BCUT2D eigenvalue weighted by Gasteiger charge is 2.16. The van der Waals surface area contributed by atoms with Crippen molar-refractivity contribution in [3.8, 4) is 17.2 Å². The van der Waals surface area contributed by atoms with Gasteiger partial charge in [0.05, 0.1) is 33.1 Å². The first-order valence-corrected chi connectivity index (χ1v) is 8.47. The Balaban J connectivity index is 2.14. The number of urea groups is 1. The van der Waals surface area contributed by atoms with E-state index in [0.717, 1.165) is 5.56 Å². The van der Waals surface area contributed by atoms with Crippen LogP contribution in [0.5, 0.6) is 17.2 Å². The maximum atomic E-state index is 12.3. The van der Waals surface area contributed by atoms with E-state index in [1.165, 1.54) is 21.3 Å². The van der Waals surface area contributed by atoms with E-state index in [2.05, 4.69) is 10.6 Å². The fraction of sp³-hybridized carbons (Fsp3) is 0.278. The van der Waals surface area contributed by atoms with E-state index in [1.54, 1.807) is 30.3 Å².